The van der Waals surface area contributed by atoms with Crippen molar-refractivity contribution in [3.05, 3.63) is 46.7 Å². The minimum atomic E-state index is -0.155. The number of aromatic amines is 2. The molecular weight excluding hydrogens is 168 g/mol. The number of hydrogen-bond donors (Lipinski definition) is 2. The number of imidazole rings is 1. The average Bonchev–Trinajstić information content (AvgIpc) is 2.61. The first-order chi connectivity index (χ1) is 6.36. The van der Waals surface area contributed by atoms with Gasteiger partial charge < -0.3 is 9.97 Å². The van der Waals surface area contributed by atoms with Gasteiger partial charge in [0.25, 0.3) is 5.56 Å². The van der Waals surface area contributed by atoms with Crippen LogP contribution in [0.4, 0.5) is 0 Å². The lowest BCUT2D eigenvalue weighted by molar-refractivity contribution is 0.966. The Hall–Kier alpha value is -1.91. The Morgan fingerprint density at radius 1 is 1.38 bits per heavy atom. The predicted molar refractivity (Wildman–Crippen MR) is 46.3 cm³/mol. The van der Waals surface area contributed by atoms with Crippen LogP contribution in [-0.2, 0) is 6.42 Å². The molecule has 0 bridgehead atoms. The molecule has 0 fully saturated rings. The van der Waals surface area contributed by atoms with Gasteiger partial charge in [0.2, 0.25) is 0 Å². The lowest BCUT2D eigenvalue weighted by atomic mass is 10.2. The van der Waals surface area contributed by atoms with Crippen LogP contribution in [0.5, 0.6) is 0 Å². The normalized spacial score (nSPS) is 10.2. The van der Waals surface area contributed by atoms with Crippen LogP contribution in [0.2, 0.25) is 0 Å². The highest BCUT2D eigenvalue weighted by Gasteiger charge is 2.01. The Kier molecular flexibility index (Phi) is 1.91. The van der Waals surface area contributed by atoms with E-state index in [9.17, 15) is 4.79 Å². The van der Waals surface area contributed by atoms with Gasteiger partial charge in [-0.05, 0) is 0 Å². The van der Waals surface area contributed by atoms with Crippen LogP contribution in [0.25, 0.3) is 0 Å². The molecule has 0 saturated heterocycles. The molecule has 0 amide bonds. The summed E-state index contributed by atoms with van der Waals surface area (Å²) in [5, 5.41) is 0. The van der Waals surface area contributed by atoms with Crippen LogP contribution in [-0.4, -0.2) is 19.9 Å². The molecule has 0 aromatic carbocycles. The summed E-state index contributed by atoms with van der Waals surface area (Å²) in [7, 11) is 0. The molecular formula is C8H8N4O. The van der Waals surface area contributed by atoms with Gasteiger partial charge >= 0.3 is 0 Å². The molecule has 0 radical (unpaired) electrons. The van der Waals surface area contributed by atoms with Gasteiger partial charge in [0.05, 0.1) is 6.33 Å². The van der Waals surface area contributed by atoms with Gasteiger partial charge in [0, 0.05) is 30.7 Å². The monoisotopic (exact) mass is 176 g/mol. The predicted octanol–water partition coefficient (Wildman–Crippen LogP) is 0.0838. The Morgan fingerprint density at radius 3 is 3.00 bits per heavy atom. The van der Waals surface area contributed by atoms with Crippen molar-refractivity contribution in [2.75, 3.05) is 0 Å². The minimum Gasteiger partial charge on any atom is -0.348 e. The Balaban J connectivity index is 2.29. The second-order valence-electron chi connectivity index (χ2n) is 2.62. The summed E-state index contributed by atoms with van der Waals surface area (Å²) in [6, 6.07) is 0. The molecule has 66 valence electrons. The van der Waals surface area contributed by atoms with Crippen molar-refractivity contribution in [1.29, 1.82) is 0 Å². The van der Waals surface area contributed by atoms with Crippen molar-refractivity contribution in [3.8, 4) is 0 Å². The first kappa shape index (κ1) is 7.72. The topological polar surface area (TPSA) is 74.4 Å². The Labute approximate surface area is 73.9 Å². The zero-order valence-electron chi connectivity index (χ0n) is 6.82. The molecule has 2 N–H and O–H groups in total. The molecule has 0 saturated carbocycles. The van der Waals surface area contributed by atoms with Gasteiger partial charge in [-0.15, -0.1) is 0 Å². The summed E-state index contributed by atoms with van der Waals surface area (Å²) in [6.45, 7) is 0. The first-order valence-corrected chi connectivity index (χ1v) is 3.86. The molecule has 0 atom stereocenters. The average molecular weight is 176 g/mol. The fraction of sp³-hybridized carbons (Fsp3) is 0.125. The van der Waals surface area contributed by atoms with E-state index in [-0.39, 0.29) is 5.56 Å². The van der Waals surface area contributed by atoms with Gasteiger partial charge in [-0.3, -0.25) is 9.78 Å². The number of aromatic nitrogens is 4. The van der Waals surface area contributed by atoms with E-state index in [0.717, 1.165) is 5.69 Å². The quantitative estimate of drug-likeness (QED) is 0.680. The summed E-state index contributed by atoms with van der Waals surface area (Å²) < 4.78 is 0. The molecule has 5 heteroatoms. The fourth-order valence-electron chi connectivity index (χ4n) is 1.07. The minimum absolute atomic E-state index is 0.155. The number of hydrogen-bond acceptors (Lipinski definition) is 3. The molecule has 13 heavy (non-hydrogen) atoms. The summed E-state index contributed by atoms with van der Waals surface area (Å²) >= 11 is 0. The smallest absolute Gasteiger partial charge is 0.270 e. The van der Waals surface area contributed by atoms with Crippen molar-refractivity contribution < 1.29 is 0 Å². The third-order valence-electron chi connectivity index (χ3n) is 1.69. The van der Waals surface area contributed by atoms with E-state index in [2.05, 4.69) is 19.9 Å². The molecule has 0 unspecified atom stereocenters. The van der Waals surface area contributed by atoms with Crippen molar-refractivity contribution in [3.63, 3.8) is 0 Å². The SMILES string of the molecule is O=c1[nH]ccnc1Cc1cnc[nH]1. The maximum Gasteiger partial charge on any atom is 0.270 e. The molecule has 2 rings (SSSR count). The van der Waals surface area contributed by atoms with Gasteiger partial charge in [0.15, 0.2) is 0 Å². The van der Waals surface area contributed by atoms with Crippen LogP contribution >= 0.6 is 0 Å². The first-order valence-electron chi connectivity index (χ1n) is 3.86. The van der Waals surface area contributed by atoms with Crippen molar-refractivity contribution in [1.82, 2.24) is 19.9 Å². The lowest BCUT2D eigenvalue weighted by Gasteiger charge is -1.94. The third-order valence-corrected chi connectivity index (χ3v) is 1.69. The molecule has 0 aliphatic heterocycles. The zero-order valence-corrected chi connectivity index (χ0v) is 6.82. The van der Waals surface area contributed by atoms with E-state index in [0.29, 0.717) is 12.1 Å². The summed E-state index contributed by atoms with van der Waals surface area (Å²) in [5.41, 5.74) is 1.22. The molecule has 5 nitrogen and oxygen atoms in total. The van der Waals surface area contributed by atoms with E-state index in [1.54, 1.807) is 18.7 Å². The van der Waals surface area contributed by atoms with E-state index < -0.39 is 0 Å². The van der Waals surface area contributed by atoms with Crippen LogP contribution < -0.4 is 5.56 Å². The highest BCUT2D eigenvalue weighted by molar-refractivity contribution is 5.08. The van der Waals surface area contributed by atoms with Crippen molar-refractivity contribution in [2.24, 2.45) is 0 Å². The largest absolute Gasteiger partial charge is 0.348 e. The second-order valence-corrected chi connectivity index (χ2v) is 2.62. The highest BCUT2D eigenvalue weighted by Crippen LogP contribution is 1.96. The molecule has 0 aliphatic rings. The number of nitrogens with one attached hydrogen (secondary N) is 2. The van der Waals surface area contributed by atoms with E-state index in [1.165, 1.54) is 6.20 Å². The Morgan fingerprint density at radius 2 is 2.31 bits per heavy atom. The van der Waals surface area contributed by atoms with Gasteiger partial charge in [-0.1, -0.05) is 0 Å². The molecule has 2 heterocycles. The summed E-state index contributed by atoms with van der Waals surface area (Å²) in [6.07, 6.45) is 6.81. The van der Waals surface area contributed by atoms with Gasteiger partial charge in [0.1, 0.15) is 5.69 Å². The number of rotatable bonds is 2. The van der Waals surface area contributed by atoms with Crippen molar-refractivity contribution in [2.45, 2.75) is 6.42 Å². The van der Waals surface area contributed by atoms with E-state index >= 15 is 0 Å². The standard InChI is InChI=1S/C8H8N4O/c13-8-7(10-1-2-11-8)3-6-4-9-5-12-6/h1-2,4-5H,3H2,(H,9,12)(H,11,13). The van der Waals surface area contributed by atoms with Crippen LogP contribution in [0, 0.1) is 0 Å². The van der Waals surface area contributed by atoms with E-state index in [4.69, 9.17) is 0 Å². The second kappa shape index (κ2) is 3.22. The highest BCUT2D eigenvalue weighted by atomic mass is 16.1. The maximum atomic E-state index is 11.2. The molecule has 0 aliphatic carbocycles. The summed E-state index contributed by atoms with van der Waals surface area (Å²) in [4.78, 5) is 24.5. The number of H-pyrrole nitrogens is 2. The molecule has 0 spiro atoms. The number of nitrogens with zero attached hydrogens (tertiary/aromatic N) is 2. The molecule has 2 aromatic rings. The molecule has 2 aromatic heterocycles. The lowest BCUT2D eigenvalue weighted by Crippen LogP contribution is -2.14. The van der Waals surface area contributed by atoms with Crippen LogP contribution in [0.15, 0.2) is 29.7 Å². The van der Waals surface area contributed by atoms with Gasteiger partial charge in [-0.25, -0.2) is 4.98 Å². The fourth-order valence-corrected chi connectivity index (χ4v) is 1.07. The van der Waals surface area contributed by atoms with Crippen LogP contribution in [0.3, 0.4) is 0 Å². The zero-order chi connectivity index (χ0) is 9.10. The van der Waals surface area contributed by atoms with E-state index in [1.807, 2.05) is 0 Å². The Bertz CT molecular complexity index is 431. The summed E-state index contributed by atoms with van der Waals surface area (Å²) in [5.74, 6) is 0. The van der Waals surface area contributed by atoms with Gasteiger partial charge in [-0.2, -0.15) is 0 Å². The maximum absolute atomic E-state index is 11.2. The third kappa shape index (κ3) is 1.64. The van der Waals surface area contributed by atoms with Crippen molar-refractivity contribution >= 4 is 0 Å². The van der Waals surface area contributed by atoms with Crippen LogP contribution in [0.1, 0.15) is 11.4 Å².